The second-order valence-corrected chi connectivity index (χ2v) is 8.63. The summed E-state index contributed by atoms with van der Waals surface area (Å²) in [7, 11) is -1.66. The van der Waals surface area contributed by atoms with Gasteiger partial charge >= 0.3 is 5.97 Å². The van der Waals surface area contributed by atoms with Gasteiger partial charge in [0.05, 0.1) is 10.5 Å². The number of rotatable bonds is 5. The van der Waals surface area contributed by atoms with Crippen LogP contribution in [0.2, 0.25) is 0 Å². The van der Waals surface area contributed by atoms with Gasteiger partial charge in [0, 0.05) is 26.2 Å². The molecule has 1 atom stereocenters. The minimum absolute atomic E-state index is 0.119. The van der Waals surface area contributed by atoms with Crippen LogP contribution in [0.15, 0.2) is 59.5 Å². The van der Waals surface area contributed by atoms with Crippen molar-refractivity contribution in [3.8, 4) is 0 Å². The molecule has 0 N–H and O–H groups in total. The molecule has 2 aromatic carbocycles. The molecule has 3 rings (SSSR count). The minimum Gasteiger partial charge on any atom is -0.454 e. The summed E-state index contributed by atoms with van der Waals surface area (Å²) in [5.74, 6) is -0.540. The first-order valence-electron chi connectivity index (χ1n) is 8.92. The molecule has 1 aliphatic heterocycles. The molecule has 1 saturated heterocycles. The smallest absolute Gasteiger partial charge is 0.338 e. The van der Waals surface area contributed by atoms with Crippen LogP contribution in [0.3, 0.4) is 0 Å². The number of benzene rings is 2. The third-order valence-corrected chi connectivity index (χ3v) is 6.62. The van der Waals surface area contributed by atoms with Crippen LogP contribution in [0.4, 0.5) is 0 Å². The van der Waals surface area contributed by atoms with E-state index in [0.29, 0.717) is 26.2 Å². The molecule has 0 aliphatic carbocycles. The molecule has 6 nitrogen and oxygen atoms in total. The number of esters is 1. The lowest BCUT2D eigenvalue weighted by atomic mass is 10.1. The van der Waals surface area contributed by atoms with Crippen LogP contribution in [-0.2, 0) is 14.8 Å². The minimum atomic E-state index is -3.62. The predicted octanol–water partition coefficient (Wildman–Crippen LogP) is 2.54. The predicted molar refractivity (Wildman–Crippen MR) is 103 cm³/mol. The molecule has 0 saturated carbocycles. The second kappa shape index (κ2) is 8.21. The number of sulfonamides is 1. The third-order valence-electron chi connectivity index (χ3n) is 4.72. The molecule has 0 spiro atoms. The van der Waals surface area contributed by atoms with Crippen LogP contribution in [0.1, 0.15) is 28.9 Å². The summed E-state index contributed by atoms with van der Waals surface area (Å²) in [6.45, 7) is 4.06. The van der Waals surface area contributed by atoms with Crippen LogP contribution in [0.25, 0.3) is 0 Å². The van der Waals surface area contributed by atoms with Crippen LogP contribution < -0.4 is 0 Å². The van der Waals surface area contributed by atoms with Gasteiger partial charge in [0.15, 0.2) is 0 Å². The number of hydrogen-bond donors (Lipinski definition) is 0. The monoisotopic (exact) mass is 388 g/mol. The van der Waals surface area contributed by atoms with E-state index in [1.165, 1.54) is 16.4 Å². The quantitative estimate of drug-likeness (QED) is 0.737. The van der Waals surface area contributed by atoms with Gasteiger partial charge < -0.3 is 9.64 Å². The first-order chi connectivity index (χ1) is 12.9. The van der Waals surface area contributed by atoms with Gasteiger partial charge in [0.2, 0.25) is 10.0 Å². The van der Waals surface area contributed by atoms with E-state index in [0.717, 1.165) is 5.56 Å². The van der Waals surface area contributed by atoms with Crippen LogP contribution in [0, 0.1) is 0 Å². The van der Waals surface area contributed by atoms with Crippen molar-refractivity contribution in [3.63, 3.8) is 0 Å². The lowest BCUT2D eigenvalue weighted by Crippen LogP contribution is -2.47. The first kappa shape index (κ1) is 19.5. The van der Waals surface area contributed by atoms with Crippen LogP contribution >= 0.6 is 0 Å². The van der Waals surface area contributed by atoms with Gasteiger partial charge in [-0.05, 0) is 37.7 Å². The zero-order valence-corrected chi connectivity index (χ0v) is 16.4. The second-order valence-electron chi connectivity index (χ2n) is 6.69. The van der Waals surface area contributed by atoms with E-state index in [1.54, 1.807) is 19.1 Å². The molecule has 7 heteroatoms. The molecule has 27 heavy (non-hydrogen) atoms. The molecule has 0 aromatic heterocycles. The van der Waals surface area contributed by atoms with Crippen molar-refractivity contribution in [2.45, 2.75) is 17.9 Å². The van der Waals surface area contributed by atoms with E-state index in [4.69, 9.17) is 4.74 Å². The molecular formula is C20H24N2O4S. The largest absolute Gasteiger partial charge is 0.454 e. The molecular weight excluding hydrogens is 364 g/mol. The van der Waals surface area contributed by atoms with Crippen molar-refractivity contribution in [2.24, 2.45) is 0 Å². The van der Waals surface area contributed by atoms with E-state index in [2.05, 4.69) is 4.90 Å². The number of piperazine rings is 1. The highest BCUT2D eigenvalue weighted by Crippen LogP contribution is 2.22. The topological polar surface area (TPSA) is 66.9 Å². The number of carbonyl (C=O) groups excluding carboxylic acids is 1. The standard InChI is InChI=1S/C20H24N2O4S/c1-16(17-7-4-3-5-8-17)26-20(23)18-9-6-10-19(15-18)27(24,25)22-13-11-21(2)12-14-22/h3-10,15-16H,11-14H2,1-2H3/t16-/m1/s1. The highest BCUT2D eigenvalue weighted by molar-refractivity contribution is 7.89. The van der Waals surface area contributed by atoms with Crippen molar-refractivity contribution < 1.29 is 17.9 Å². The zero-order chi connectivity index (χ0) is 19.4. The van der Waals surface area contributed by atoms with E-state index in [-0.39, 0.29) is 10.5 Å². The molecule has 144 valence electrons. The Morgan fingerprint density at radius 2 is 1.67 bits per heavy atom. The average Bonchev–Trinajstić information content (AvgIpc) is 2.69. The van der Waals surface area contributed by atoms with Gasteiger partial charge in [-0.15, -0.1) is 0 Å². The van der Waals surface area contributed by atoms with E-state index >= 15 is 0 Å². The Morgan fingerprint density at radius 1 is 1.00 bits per heavy atom. The number of likely N-dealkylation sites (N-methyl/N-ethyl adjacent to an activating group) is 1. The summed E-state index contributed by atoms with van der Waals surface area (Å²) in [5.41, 5.74) is 1.11. The fourth-order valence-electron chi connectivity index (χ4n) is 2.98. The molecule has 0 unspecified atom stereocenters. The summed E-state index contributed by atoms with van der Waals surface area (Å²) in [6.07, 6.45) is -0.420. The van der Waals surface area contributed by atoms with Crippen LogP contribution in [0.5, 0.6) is 0 Å². The lowest BCUT2D eigenvalue weighted by Gasteiger charge is -2.31. The SMILES string of the molecule is C[C@@H](OC(=O)c1cccc(S(=O)(=O)N2CCN(C)CC2)c1)c1ccccc1. The van der Waals surface area contributed by atoms with E-state index in [1.807, 2.05) is 37.4 Å². The fraction of sp³-hybridized carbons (Fsp3) is 0.350. The van der Waals surface area contributed by atoms with Gasteiger partial charge in [-0.3, -0.25) is 0 Å². The maximum Gasteiger partial charge on any atom is 0.338 e. The zero-order valence-electron chi connectivity index (χ0n) is 15.5. The number of hydrogen-bond acceptors (Lipinski definition) is 5. The Labute approximate surface area is 160 Å². The van der Waals surface area contributed by atoms with Gasteiger partial charge in [0.1, 0.15) is 6.10 Å². The molecule has 1 fully saturated rings. The highest BCUT2D eigenvalue weighted by Gasteiger charge is 2.28. The Morgan fingerprint density at radius 3 is 2.33 bits per heavy atom. The maximum absolute atomic E-state index is 12.9. The van der Waals surface area contributed by atoms with Gasteiger partial charge in [0.25, 0.3) is 0 Å². The number of nitrogens with zero attached hydrogens (tertiary/aromatic N) is 2. The molecule has 0 amide bonds. The van der Waals surface area contributed by atoms with Crippen molar-refractivity contribution in [3.05, 3.63) is 65.7 Å². The number of carbonyl (C=O) groups is 1. The van der Waals surface area contributed by atoms with Gasteiger partial charge in [-0.1, -0.05) is 36.4 Å². The van der Waals surface area contributed by atoms with E-state index in [9.17, 15) is 13.2 Å². The summed E-state index contributed by atoms with van der Waals surface area (Å²) >= 11 is 0. The Bertz CT molecular complexity index is 891. The third kappa shape index (κ3) is 4.55. The molecule has 2 aromatic rings. The summed E-state index contributed by atoms with van der Waals surface area (Å²) < 4.78 is 32.7. The van der Waals surface area contributed by atoms with Gasteiger partial charge in [-0.25, -0.2) is 13.2 Å². The maximum atomic E-state index is 12.9. The summed E-state index contributed by atoms with van der Waals surface area (Å²) in [4.78, 5) is 14.7. The Hall–Kier alpha value is -2.22. The Balaban J connectivity index is 1.76. The van der Waals surface area contributed by atoms with Crippen LogP contribution in [-0.4, -0.2) is 56.8 Å². The lowest BCUT2D eigenvalue weighted by molar-refractivity contribution is 0.0337. The molecule has 1 heterocycles. The normalized spacial score (nSPS) is 17.4. The van der Waals surface area contributed by atoms with Crippen molar-refractivity contribution in [1.29, 1.82) is 0 Å². The summed E-state index contributed by atoms with van der Waals surface area (Å²) in [6, 6.07) is 15.5. The van der Waals surface area contributed by atoms with Crippen molar-refractivity contribution in [2.75, 3.05) is 33.2 Å². The highest BCUT2D eigenvalue weighted by atomic mass is 32.2. The molecule has 0 radical (unpaired) electrons. The summed E-state index contributed by atoms with van der Waals surface area (Å²) in [5, 5.41) is 0. The van der Waals surface area contributed by atoms with Crippen molar-refractivity contribution in [1.82, 2.24) is 9.21 Å². The molecule has 0 bridgehead atoms. The molecule has 1 aliphatic rings. The van der Waals surface area contributed by atoms with Gasteiger partial charge in [-0.2, -0.15) is 4.31 Å². The van der Waals surface area contributed by atoms with E-state index < -0.39 is 22.1 Å². The first-order valence-corrected chi connectivity index (χ1v) is 10.4. The fourth-order valence-corrected chi connectivity index (χ4v) is 4.45. The number of ether oxygens (including phenoxy) is 1. The Kier molecular flexibility index (Phi) is 5.94. The average molecular weight is 388 g/mol. The van der Waals surface area contributed by atoms with Crippen molar-refractivity contribution >= 4 is 16.0 Å².